The van der Waals surface area contributed by atoms with Gasteiger partial charge in [-0.15, -0.1) is 0 Å². The summed E-state index contributed by atoms with van der Waals surface area (Å²) in [4.78, 5) is 10.1. The Balaban J connectivity index is 1.89. The molecule has 1 atom stereocenters. The molecule has 5 nitrogen and oxygen atoms in total. The smallest absolute Gasteiger partial charge is 0.203 e. The van der Waals surface area contributed by atoms with E-state index in [1.807, 2.05) is 18.2 Å². The summed E-state index contributed by atoms with van der Waals surface area (Å²) in [5.74, 6) is 1.24. The largest absolute Gasteiger partial charge is 0.399 e. The fourth-order valence-electron chi connectivity index (χ4n) is 2.57. The molecule has 1 aromatic carbocycles. The molecule has 0 spiro atoms. The molecule has 18 heavy (non-hydrogen) atoms. The molecule has 4 N–H and O–H groups in total. The molecule has 0 radical (unpaired) electrons. The number of aromatic nitrogens is 2. The van der Waals surface area contributed by atoms with E-state index in [1.54, 1.807) is 0 Å². The third kappa shape index (κ3) is 2.01. The first-order valence-electron chi connectivity index (χ1n) is 6.37. The Morgan fingerprint density at radius 2 is 2.39 bits per heavy atom. The topological polar surface area (TPSA) is 78.2 Å². The molecule has 0 amide bonds. The van der Waals surface area contributed by atoms with Crippen LogP contribution in [0.3, 0.4) is 0 Å². The lowest BCUT2D eigenvalue weighted by Gasteiger charge is -2.31. The van der Waals surface area contributed by atoms with Crippen molar-refractivity contribution in [3.8, 4) is 0 Å². The van der Waals surface area contributed by atoms with Crippen molar-refractivity contribution in [2.45, 2.75) is 12.8 Å². The van der Waals surface area contributed by atoms with Crippen molar-refractivity contribution in [3.05, 3.63) is 18.2 Å². The number of hydrogen-bond donors (Lipinski definition) is 3. The van der Waals surface area contributed by atoms with Gasteiger partial charge in [-0.2, -0.15) is 0 Å². The minimum Gasteiger partial charge on any atom is -0.399 e. The molecule has 3 rings (SSSR count). The molecule has 2 aromatic rings. The Morgan fingerprint density at radius 3 is 3.22 bits per heavy atom. The first-order valence-corrected chi connectivity index (χ1v) is 6.37. The molecule has 5 heteroatoms. The number of imidazole rings is 1. The average Bonchev–Trinajstić information content (AvgIpc) is 2.81. The third-order valence-corrected chi connectivity index (χ3v) is 3.57. The van der Waals surface area contributed by atoms with Gasteiger partial charge in [0.2, 0.25) is 5.95 Å². The number of nitrogens with zero attached hydrogens (tertiary/aromatic N) is 2. The molecule has 0 saturated carbocycles. The van der Waals surface area contributed by atoms with Gasteiger partial charge in [0, 0.05) is 25.4 Å². The number of fused-ring (bicyclic) bond motifs is 1. The zero-order chi connectivity index (χ0) is 12.5. The van der Waals surface area contributed by atoms with Crippen LogP contribution in [0.2, 0.25) is 0 Å². The Labute approximate surface area is 106 Å². The SMILES string of the molecule is Nc1ccc2nc(N3CCCC(CO)C3)[nH]c2c1. The van der Waals surface area contributed by atoms with Crippen LogP contribution in [0.1, 0.15) is 12.8 Å². The molecule has 1 aliphatic rings. The molecular formula is C13H18N4O. The zero-order valence-corrected chi connectivity index (χ0v) is 10.3. The van der Waals surface area contributed by atoms with Gasteiger partial charge in [0.1, 0.15) is 0 Å². The van der Waals surface area contributed by atoms with E-state index in [9.17, 15) is 5.11 Å². The van der Waals surface area contributed by atoms with E-state index in [2.05, 4.69) is 14.9 Å². The Kier molecular flexibility index (Phi) is 2.83. The van der Waals surface area contributed by atoms with Crippen molar-refractivity contribution < 1.29 is 5.11 Å². The maximum Gasteiger partial charge on any atom is 0.203 e. The first kappa shape index (κ1) is 11.3. The lowest BCUT2D eigenvalue weighted by atomic mass is 9.99. The van der Waals surface area contributed by atoms with Gasteiger partial charge in [0.05, 0.1) is 11.0 Å². The quantitative estimate of drug-likeness (QED) is 0.699. The number of H-pyrrole nitrogens is 1. The van der Waals surface area contributed by atoms with Gasteiger partial charge < -0.3 is 20.7 Å². The summed E-state index contributed by atoms with van der Waals surface area (Å²) in [7, 11) is 0. The van der Waals surface area contributed by atoms with E-state index < -0.39 is 0 Å². The number of rotatable bonds is 2. The summed E-state index contributed by atoms with van der Waals surface area (Å²) in [6.45, 7) is 2.11. The summed E-state index contributed by atoms with van der Waals surface area (Å²) >= 11 is 0. The second-order valence-corrected chi connectivity index (χ2v) is 4.97. The summed E-state index contributed by atoms with van der Waals surface area (Å²) in [6, 6.07) is 5.69. The van der Waals surface area contributed by atoms with Crippen molar-refractivity contribution in [3.63, 3.8) is 0 Å². The maximum atomic E-state index is 9.26. The molecular weight excluding hydrogens is 228 g/mol. The van der Waals surface area contributed by atoms with Crippen LogP contribution >= 0.6 is 0 Å². The molecule has 1 aromatic heterocycles. The van der Waals surface area contributed by atoms with Crippen molar-refractivity contribution >= 4 is 22.7 Å². The van der Waals surface area contributed by atoms with Gasteiger partial charge in [0.15, 0.2) is 0 Å². The highest BCUT2D eigenvalue weighted by Crippen LogP contribution is 2.24. The molecule has 1 saturated heterocycles. The van der Waals surface area contributed by atoms with Crippen molar-refractivity contribution in [1.82, 2.24) is 9.97 Å². The molecule has 96 valence electrons. The monoisotopic (exact) mass is 246 g/mol. The Bertz CT molecular complexity index is 551. The predicted octanol–water partition coefficient (Wildman–Crippen LogP) is 1.35. The van der Waals surface area contributed by atoms with Crippen LogP contribution in [0, 0.1) is 5.92 Å². The lowest BCUT2D eigenvalue weighted by Crippen LogP contribution is -2.37. The Hall–Kier alpha value is -1.75. The highest BCUT2D eigenvalue weighted by atomic mass is 16.3. The van der Waals surface area contributed by atoms with E-state index in [1.165, 1.54) is 0 Å². The fraction of sp³-hybridized carbons (Fsp3) is 0.462. The maximum absolute atomic E-state index is 9.26. The minimum atomic E-state index is 0.254. The second-order valence-electron chi connectivity index (χ2n) is 4.97. The van der Waals surface area contributed by atoms with E-state index in [0.29, 0.717) is 5.92 Å². The Morgan fingerprint density at radius 1 is 1.50 bits per heavy atom. The number of hydrogen-bond acceptors (Lipinski definition) is 4. The molecule has 0 bridgehead atoms. The van der Waals surface area contributed by atoms with Gasteiger partial charge in [-0.25, -0.2) is 4.98 Å². The standard InChI is InChI=1S/C13H18N4O/c14-10-3-4-11-12(6-10)16-13(15-11)17-5-1-2-9(7-17)8-18/h3-4,6,9,18H,1-2,5,7-8,14H2,(H,15,16). The number of aliphatic hydroxyl groups excluding tert-OH is 1. The summed E-state index contributed by atoms with van der Waals surface area (Å²) < 4.78 is 0. The molecule has 0 aliphatic carbocycles. The van der Waals surface area contributed by atoms with Gasteiger partial charge in [0.25, 0.3) is 0 Å². The van der Waals surface area contributed by atoms with Crippen LogP contribution in [-0.4, -0.2) is 34.8 Å². The van der Waals surface area contributed by atoms with E-state index in [4.69, 9.17) is 5.73 Å². The van der Waals surface area contributed by atoms with Crippen LogP contribution < -0.4 is 10.6 Å². The number of piperidine rings is 1. The molecule has 2 heterocycles. The van der Waals surface area contributed by atoms with E-state index >= 15 is 0 Å². The number of nitrogen functional groups attached to an aromatic ring is 1. The van der Waals surface area contributed by atoms with Gasteiger partial charge in [-0.3, -0.25) is 0 Å². The van der Waals surface area contributed by atoms with Gasteiger partial charge >= 0.3 is 0 Å². The van der Waals surface area contributed by atoms with Gasteiger partial charge in [-0.05, 0) is 37.0 Å². The van der Waals surface area contributed by atoms with Gasteiger partial charge in [-0.1, -0.05) is 0 Å². The zero-order valence-electron chi connectivity index (χ0n) is 10.3. The number of aliphatic hydroxyl groups is 1. The van der Waals surface area contributed by atoms with Crippen molar-refractivity contribution in [2.24, 2.45) is 5.92 Å². The van der Waals surface area contributed by atoms with E-state index in [0.717, 1.165) is 48.6 Å². The number of nitrogens with two attached hydrogens (primary N) is 1. The molecule has 1 unspecified atom stereocenters. The minimum absolute atomic E-state index is 0.254. The second kappa shape index (κ2) is 4.49. The summed E-state index contributed by atoms with van der Waals surface area (Å²) in [5.41, 5.74) is 8.41. The van der Waals surface area contributed by atoms with Crippen molar-refractivity contribution in [1.29, 1.82) is 0 Å². The third-order valence-electron chi connectivity index (χ3n) is 3.57. The fourth-order valence-corrected chi connectivity index (χ4v) is 2.57. The average molecular weight is 246 g/mol. The normalized spacial score (nSPS) is 20.5. The number of anilines is 2. The van der Waals surface area contributed by atoms with Crippen LogP contribution in [0.4, 0.5) is 11.6 Å². The summed E-state index contributed by atoms with van der Waals surface area (Å²) in [6.07, 6.45) is 2.20. The summed E-state index contributed by atoms with van der Waals surface area (Å²) in [5, 5.41) is 9.26. The van der Waals surface area contributed by atoms with Crippen LogP contribution in [0.5, 0.6) is 0 Å². The highest BCUT2D eigenvalue weighted by molar-refractivity contribution is 5.80. The van der Waals surface area contributed by atoms with Crippen LogP contribution in [0.25, 0.3) is 11.0 Å². The number of nitrogens with one attached hydrogen (secondary N) is 1. The number of benzene rings is 1. The molecule has 1 aliphatic heterocycles. The number of aromatic amines is 1. The first-order chi connectivity index (χ1) is 8.76. The lowest BCUT2D eigenvalue weighted by molar-refractivity contribution is 0.208. The van der Waals surface area contributed by atoms with E-state index in [-0.39, 0.29) is 6.61 Å². The van der Waals surface area contributed by atoms with Crippen LogP contribution in [-0.2, 0) is 0 Å². The van der Waals surface area contributed by atoms with Crippen LogP contribution in [0.15, 0.2) is 18.2 Å². The highest BCUT2D eigenvalue weighted by Gasteiger charge is 2.21. The van der Waals surface area contributed by atoms with Crippen molar-refractivity contribution in [2.75, 3.05) is 30.3 Å². The predicted molar refractivity (Wildman–Crippen MR) is 72.5 cm³/mol. The molecule has 1 fully saturated rings.